The summed E-state index contributed by atoms with van der Waals surface area (Å²) >= 11 is 6.07. The fraction of sp³-hybridized carbons (Fsp3) is 0.304. The zero-order valence-corrected chi connectivity index (χ0v) is 18.4. The molecule has 0 saturated carbocycles. The number of aromatic nitrogens is 2. The average Bonchev–Trinajstić information content (AvgIpc) is 3.12. The minimum Gasteiger partial charge on any atom is -0.550 e. The maximum absolute atomic E-state index is 14.0. The fourth-order valence-corrected chi connectivity index (χ4v) is 3.80. The van der Waals surface area contributed by atoms with Crippen LogP contribution in [0.3, 0.4) is 0 Å². The number of aliphatic hydroxyl groups excluding tert-OH is 2. The molecular weight excluding hydrogens is 480 g/mol. The first-order valence-corrected chi connectivity index (χ1v) is 10.6. The topological polar surface area (TPSA) is 98.4 Å². The van der Waals surface area contributed by atoms with E-state index in [2.05, 4.69) is 4.98 Å². The van der Waals surface area contributed by atoms with Crippen LogP contribution < -0.4 is 5.11 Å². The van der Waals surface area contributed by atoms with Crippen molar-refractivity contribution in [3.8, 4) is 22.5 Å². The molecule has 34 heavy (non-hydrogen) atoms. The maximum Gasteiger partial charge on any atom is 0.449 e. The molecule has 2 N–H and O–H groups in total. The van der Waals surface area contributed by atoms with Crippen LogP contribution in [0.15, 0.2) is 48.5 Å². The summed E-state index contributed by atoms with van der Waals surface area (Å²) in [6.45, 7) is -0.357. The van der Waals surface area contributed by atoms with E-state index in [-0.39, 0.29) is 41.4 Å². The zero-order valence-electron chi connectivity index (χ0n) is 17.6. The molecule has 11 heteroatoms. The average molecular weight is 500 g/mol. The summed E-state index contributed by atoms with van der Waals surface area (Å²) in [5.41, 5.74) is 0.567. The number of carboxylic acid groups (broad SMARTS) is 1. The van der Waals surface area contributed by atoms with Gasteiger partial charge in [0.2, 0.25) is 5.82 Å². The van der Waals surface area contributed by atoms with Crippen LogP contribution in [0, 0.1) is 5.82 Å². The number of alkyl halides is 3. The normalized spacial score (nSPS) is 13.6. The van der Waals surface area contributed by atoms with Crippen LogP contribution in [0.2, 0.25) is 5.02 Å². The summed E-state index contributed by atoms with van der Waals surface area (Å²) in [6.07, 6.45) is -8.86. The van der Waals surface area contributed by atoms with Gasteiger partial charge in [0.25, 0.3) is 0 Å². The second kappa shape index (κ2) is 10.5. The molecule has 0 aliphatic carbocycles. The molecule has 1 heterocycles. The number of benzene rings is 2. The highest BCUT2D eigenvalue weighted by Crippen LogP contribution is 2.39. The van der Waals surface area contributed by atoms with Gasteiger partial charge in [-0.1, -0.05) is 23.7 Å². The summed E-state index contributed by atoms with van der Waals surface area (Å²) < 4.78 is 56.2. The lowest BCUT2D eigenvalue weighted by Gasteiger charge is -2.19. The first-order valence-electron chi connectivity index (χ1n) is 10.2. The Hall–Kier alpha value is -2.95. The molecule has 6 nitrogen and oxygen atoms in total. The van der Waals surface area contributed by atoms with Gasteiger partial charge in [0.15, 0.2) is 0 Å². The van der Waals surface area contributed by atoms with Crippen molar-refractivity contribution in [1.82, 2.24) is 9.55 Å². The number of carbonyl (C=O) groups excluding carboxylic acids is 1. The van der Waals surface area contributed by atoms with Crippen molar-refractivity contribution in [1.29, 1.82) is 0 Å². The molecular formula is C23H20ClF4N2O4-. The molecule has 2 aromatic carbocycles. The molecule has 0 bridgehead atoms. The highest BCUT2D eigenvalue weighted by atomic mass is 35.5. The molecule has 0 aliphatic heterocycles. The molecule has 182 valence electrons. The number of hydrogen-bond acceptors (Lipinski definition) is 5. The van der Waals surface area contributed by atoms with Crippen molar-refractivity contribution in [2.45, 2.75) is 44.2 Å². The van der Waals surface area contributed by atoms with Gasteiger partial charge < -0.3 is 24.7 Å². The maximum atomic E-state index is 14.0. The van der Waals surface area contributed by atoms with Gasteiger partial charge in [0.05, 0.1) is 23.6 Å². The first-order chi connectivity index (χ1) is 16.0. The minimum absolute atomic E-state index is 0.0546. The van der Waals surface area contributed by atoms with Gasteiger partial charge in [-0.2, -0.15) is 13.2 Å². The van der Waals surface area contributed by atoms with Crippen molar-refractivity contribution >= 4 is 17.6 Å². The highest BCUT2D eigenvalue weighted by Gasteiger charge is 2.39. The lowest BCUT2D eigenvalue weighted by molar-refractivity contribution is -0.307. The molecule has 2 atom stereocenters. The highest BCUT2D eigenvalue weighted by molar-refractivity contribution is 6.30. The number of aliphatic hydroxyl groups is 2. The Bertz CT molecular complexity index is 1150. The van der Waals surface area contributed by atoms with Crippen LogP contribution in [0.1, 0.15) is 25.1 Å². The van der Waals surface area contributed by atoms with Crippen molar-refractivity contribution in [3.63, 3.8) is 0 Å². The van der Waals surface area contributed by atoms with Crippen LogP contribution in [0.4, 0.5) is 17.6 Å². The van der Waals surface area contributed by atoms with E-state index in [1.807, 2.05) is 0 Å². The van der Waals surface area contributed by atoms with Gasteiger partial charge in [0.1, 0.15) is 5.82 Å². The molecule has 0 saturated heterocycles. The lowest BCUT2D eigenvalue weighted by atomic mass is 10.0. The Morgan fingerprint density at radius 2 is 1.76 bits per heavy atom. The number of carboxylic acids is 1. The number of halogens is 5. The van der Waals surface area contributed by atoms with Crippen LogP contribution in [-0.4, -0.2) is 37.9 Å². The van der Waals surface area contributed by atoms with Crippen LogP contribution >= 0.6 is 11.6 Å². The summed E-state index contributed by atoms with van der Waals surface area (Å²) in [7, 11) is 0. The second-order valence-corrected chi connectivity index (χ2v) is 8.14. The summed E-state index contributed by atoms with van der Waals surface area (Å²) in [5.74, 6) is -3.31. The van der Waals surface area contributed by atoms with Gasteiger partial charge in [-0.15, -0.1) is 0 Å². The molecule has 3 aromatic rings. The predicted octanol–water partition coefficient (Wildman–Crippen LogP) is 3.67. The third-order valence-electron chi connectivity index (χ3n) is 5.07. The number of nitrogens with zero attached hydrogens (tertiary/aromatic N) is 2. The Kier molecular flexibility index (Phi) is 7.96. The number of aliphatic carboxylic acids is 1. The SMILES string of the molecule is O=C([O-])C[C@H](O)C[C@H](O)CCn1c(C(F)(F)F)nc(-c2ccc(F)cc2)c1-c1cccc(Cl)c1. The lowest BCUT2D eigenvalue weighted by Crippen LogP contribution is -2.30. The smallest absolute Gasteiger partial charge is 0.449 e. The van der Waals surface area contributed by atoms with Crippen LogP contribution in [-0.2, 0) is 17.5 Å². The molecule has 3 rings (SSSR count). The molecule has 1 aromatic heterocycles. The molecule has 0 radical (unpaired) electrons. The minimum atomic E-state index is -4.86. The summed E-state index contributed by atoms with van der Waals surface area (Å²) in [5, 5.41) is 30.7. The Balaban J connectivity index is 2.07. The fourth-order valence-electron chi connectivity index (χ4n) is 3.61. The third-order valence-corrected chi connectivity index (χ3v) is 5.30. The largest absolute Gasteiger partial charge is 0.550 e. The van der Waals surface area contributed by atoms with Crippen molar-refractivity contribution in [3.05, 3.63) is 65.2 Å². The van der Waals surface area contributed by atoms with Crippen molar-refractivity contribution in [2.75, 3.05) is 0 Å². The summed E-state index contributed by atoms with van der Waals surface area (Å²) in [6, 6.07) is 10.9. The van der Waals surface area contributed by atoms with Gasteiger partial charge >= 0.3 is 6.18 Å². The van der Waals surface area contributed by atoms with Crippen molar-refractivity contribution < 1.29 is 37.7 Å². The third kappa shape index (κ3) is 6.34. The monoisotopic (exact) mass is 499 g/mol. The number of imidazole rings is 1. The van der Waals surface area contributed by atoms with E-state index in [4.69, 9.17) is 11.6 Å². The van der Waals surface area contributed by atoms with E-state index in [1.165, 1.54) is 18.2 Å². The van der Waals surface area contributed by atoms with Gasteiger partial charge in [-0.05, 0) is 49.2 Å². The Morgan fingerprint density at radius 1 is 1.09 bits per heavy atom. The van der Waals surface area contributed by atoms with Crippen molar-refractivity contribution in [2.24, 2.45) is 0 Å². The van der Waals surface area contributed by atoms with E-state index in [1.54, 1.807) is 18.2 Å². The van der Waals surface area contributed by atoms with Gasteiger partial charge in [-0.25, -0.2) is 9.37 Å². The van der Waals surface area contributed by atoms with E-state index >= 15 is 0 Å². The molecule has 0 aliphatic rings. The van der Waals surface area contributed by atoms with E-state index in [0.29, 0.717) is 5.56 Å². The Morgan fingerprint density at radius 3 is 2.35 bits per heavy atom. The number of carbonyl (C=O) groups is 1. The standard InChI is InChI=1S/C23H21ClF4N2O4/c24-15-3-1-2-14(10-15)21-20(13-4-6-16(25)7-5-13)29-22(23(26,27)28)30(21)9-8-17(31)11-18(32)12-19(33)34/h1-7,10,17-18,31-32H,8-9,11-12H2,(H,33,34)/p-1/t17-,18-/m1/s1. The Labute approximate surface area is 197 Å². The molecule has 0 fully saturated rings. The molecule has 0 amide bonds. The predicted molar refractivity (Wildman–Crippen MR) is 114 cm³/mol. The van der Waals surface area contributed by atoms with E-state index < -0.39 is 42.4 Å². The van der Waals surface area contributed by atoms with Crippen LogP contribution in [0.5, 0.6) is 0 Å². The number of rotatable bonds is 9. The summed E-state index contributed by atoms with van der Waals surface area (Å²) in [4.78, 5) is 14.4. The zero-order chi connectivity index (χ0) is 25.0. The number of hydrogen-bond donors (Lipinski definition) is 2. The molecule has 0 unspecified atom stereocenters. The second-order valence-electron chi connectivity index (χ2n) is 7.71. The first kappa shape index (κ1) is 25.7. The quantitative estimate of drug-likeness (QED) is 0.438. The van der Waals surface area contributed by atoms with Gasteiger partial charge in [0, 0.05) is 35.1 Å². The molecule has 0 spiro atoms. The van der Waals surface area contributed by atoms with E-state index in [9.17, 15) is 37.7 Å². The van der Waals surface area contributed by atoms with Crippen LogP contribution in [0.25, 0.3) is 22.5 Å². The van der Waals surface area contributed by atoms with Gasteiger partial charge in [-0.3, -0.25) is 0 Å². The van der Waals surface area contributed by atoms with E-state index in [0.717, 1.165) is 16.7 Å².